The van der Waals surface area contributed by atoms with Gasteiger partial charge >= 0.3 is 0 Å². The number of nitrogens with two attached hydrogens (primary N) is 1. The highest BCUT2D eigenvalue weighted by molar-refractivity contribution is 6.03. The van der Waals surface area contributed by atoms with Gasteiger partial charge in [0.25, 0.3) is 0 Å². The third-order valence-corrected chi connectivity index (χ3v) is 6.24. The summed E-state index contributed by atoms with van der Waals surface area (Å²) in [6, 6.07) is 6.94. The maximum Gasteiger partial charge on any atom is 0.203 e. The van der Waals surface area contributed by atoms with E-state index in [1.54, 1.807) is 34.5 Å². The van der Waals surface area contributed by atoms with E-state index in [0.29, 0.717) is 48.2 Å². The molecule has 7 nitrogen and oxygen atoms in total. The number of fused-ring (bicyclic) bond motifs is 1. The Bertz CT molecular complexity index is 1130. The average molecular weight is 482 g/mol. The van der Waals surface area contributed by atoms with Crippen molar-refractivity contribution in [1.82, 2.24) is 0 Å². The van der Waals surface area contributed by atoms with Crippen LogP contribution in [0.15, 0.2) is 30.3 Å². The lowest BCUT2D eigenvalue weighted by atomic mass is 9.90. The number of ketones is 2. The molecule has 7 heteroatoms. The predicted octanol–water partition coefficient (Wildman–Crippen LogP) is 4.15. The van der Waals surface area contributed by atoms with Crippen LogP contribution in [0.5, 0.6) is 23.0 Å². The van der Waals surface area contributed by atoms with Crippen molar-refractivity contribution in [1.29, 1.82) is 0 Å². The van der Waals surface area contributed by atoms with Gasteiger partial charge in [-0.2, -0.15) is 0 Å². The molecule has 0 radical (unpaired) electrons. The van der Waals surface area contributed by atoms with Gasteiger partial charge in [0.15, 0.2) is 23.1 Å². The maximum atomic E-state index is 12.9. The van der Waals surface area contributed by atoms with Crippen molar-refractivity contribution in [2.45, 2.75) is 45.6 Å². The van der Waals surface area contributed by atoms with Crippen molar-refractivity contribution >= 4 is 17.1 Å². The lowest BCUT2D eigenvalue weighted by Gasteiger charge is -2.20. The summed E-state index contributed by atoms with van der Waals surface area (Å²) in [5.41, 5.74) is 10.1. The molecule has 0 heterocycles. The number of allylic oxidation sites excluding steroid dienone is 1. The number of rotatable bonds is 10. The van der Waals surface area contributed by atoms with Gasteiger partial charge in [-0.1, -0.05) is 19.9 Å². The molecule has 0 amide bonds. The summed E-state index contributed by atoms with van der Waals surface area (Å²) >= 11 is 0. The molecule has 0 saturated carbocycles. The zero-order valence-electron chi connectivity index (χ0n) is 21.4. The molecular weight excluding hydrogens is 446 g/mol. The van der Waals surface area contributed by atoms with Gasteiger partial charge in [-0.25, -0.2) is 0 Å². The van der Waals surface area contributed by atoms with Gasteiger partial charge in [0.05, 0.1) is 34.5 Å². The predicted molar refractivity (Wildman–Crippen MR) is 136 cm³/mol. The van der Waals surface area contributed by atoms with E-state index >= 15 is 0 Å². The Hall–Kier alpha value is -3.32. The van der Waals surface area contributed by atoms with Gasteiger partial charge in [0, 0.05) is 24.0 Å². The molecule has 0 spiro atoms. The fraction of sp³-hybridized carbons (Fsp3) is 0.429. The third kappa shape index (κ3) is 5.68. The van der Waals surface area contributed by atoms with E-state index in [-0.39, 0.29) is 18.0 Å². The summed E-state index contributed by atoms with van der Waals surface area (Å²) in [4.78, 5) is 25.6. The zero-order valence-corrected chi connectivity index (χ0v) is 21.4. The van der Waals surface area contributed by atoms with Crippen LogP contribution in [0.4, 0.5) is 0 Å². The molecule has 0 unspecified atom stereocenters. The van der Waals surface area contributed by atoms with Gasteiger partial charge in [-0.05, 0) is 59.7 Å². The van der Waals surface area contributed by atoms with E-state index in [1.807, 2.05) is 38.1 Å². The Morgan fingerprint density at radius 1 is 0.943 bits per heavy atom. The van der Waals surface area contributed by atoms with Crippen molar-refractivity contribution in [3.05, 3.63) is 52.6 Å². The Kier molecular flexibility index (Phi) is 8.57. The highest BCUT2D eigenvalue weighted by Gasteiger charge is 2.26. The van der Waals surface area contributed by atoms with Crippen LogP contribution in [0.25, 0.3) is 5.57 Å². The fourth-order valence-corrected chi connectivity index (χ4v) is 4.54. The molecule has 188 valence electrons. The smallest absolute Gasteiger partial charge is 0.203 e. The minimum Gasteiger partial charge on any atom is -0.496 e. The quantitative estimate of drug-likeness (QED) is 0.544. The largest absolute Gasteiger partial charge is 0.496 e. The van der Waals surface area contributed by atoms with Crippen LogP contribution in [0.3, 0.4) is 0 Å². The number of Topliss-reactive ketones (excluding diaryl/α,β-unsaturated/α-hetero) is 1. The summed E-state index contributed by atoms with van der Waals surface area (Å²) in [6.45, 7) is 4.08. The normalized spacial score (nSPS) is 14.1. The van der Waals surface area contributed by atoms with Crippen LogP contribution >= 0.6 is 0 Å². The number of ether oxygens (including phenoxy) is 4. The highest BCUT2D eigenvalue weighted by atomic mass is 16.5. The average Bonchev–Trinajstić information content (AvgIpc) is 3.00. The molecule has 0 aliphatic heterocycles. The van der Waals surface area contributed by atoms with E-state index < -0.39 is 6.04 Å². The summed E-state index contributed by atoms with van der Waals surface area (Å²) in [5, 5.41) is 0. The topological polar surface area (TPSA) is 97.1 Å². The van der Waals surface area contributed by atoms with Gasteiger partial charge < -0.3 is 24.7 Å². The number of methoxy groups -OCH3 is 4. The molecular formula is C28H35NO6. The minimum absolute atomic E-state index is 0.00332. The summed E-state index contributed by atoms with van der Waals surface area (Å²) in [7, 11) is 6.27. The molecule has 0 aromatic heterocycles. The van der Waals surface area contributed by atoms with Gasteiger partial charge in [-0.15, -0.1) is 0 Å². The Balaban J connectivity index is 2.14. The monoisotopic (exact) mass is 481 g/mol. The van der Waals surface area contributed by atoms with Gasteiger partial charge in [0.1, 0.15) is 5.75 Å². The number of carbonyl (C=O) groups excluding carboxylic acids is 2. The van der Waals surface area contributed by atoms with Crippen LogP contribution in [0, 0.1) is 5.92 Å². The van der Waals surface area contributed by atoms with E-state index in [0.717, 1.165) is 27.8 Å². The van der Waals surface area contributed by atoms with Crippen molar-refractivity contribution < 1.29 is 28.5 Å². The van der Waals surface area contributed by atoms with Crippen LogP contribution < -0.4 is 24.7 Å². The van der Waals surface area contributed by atoms with Gasteiger partial charge in [-0.3, -0.25) is 9.59 Å². The molecule has 2 aromatic carbocycles. The first-order valence-corrected chi connectivity index (χ1v) is 11.8. The molecule has 0 fully saturated rings. The lowest BCUT2D eigenvalue weighted by Crippen LogP contribution is -2.33. The van der Waals surface area contributed by atoms with Crippen LogP contribution in [0.1, 0.15) is 48.9 Å². The zero-order chi connectivity index (χ0) is 25.7. The van der Waals surface area contributed by atoms with E-state index in [2.05, 4.69) is 0 Å². The van der Waals surface area contributed by atoms with Crippen LogP contribution in [-0.2, 0) is 22.4 Å². The number of hydrogen-bond acceptors (Lipinski definition) is 7. The van der Waals surface area contributed by atoms with Crippen LogP contribution in [0.2, 0.25) is 0 Å². The molecule has 0 saturated heterocycles. The molecule has 1 atom stereocenters. The highest BCUT2D eigenvalue weighted by Crippen LogP contribution is 2.46. The minimum atomic E-state index is -0.538. The first kappa shape index (κ1) is 26.3. The van der Waals surface area contributed by atoms with Crippen molar-refractivity contribution in [2.75, 3.05) is 28.4 Å². The molecule has 1 aliphatic carbocycles. The standard InChI is InChI=1S/C28H35NO6/c1-16(2)11-23(29)24(31)13-18-12-17(7-10-25(18)32-3)21-14-19(30)8-9-20-22(21)15-26(33-4)28(35-6)27(20)34-5/h7,10,12,14-16,23H,8-9,11,13,29H2,1-6H3/t23-/m1/s1. The molecule has 0 bridgehead atoms. The molecule has 2 aromatic rings. The SMILES string of the molecule is COc1ccc(C2=CC(=O)CCc3c2cc(OC)c(OC)c3OC)cc1CC(=O)[C@H](N)CC(C)C. The third-order valence-electron chi connectivity index (χ3n) is 6.24. The van der Waals surface area contributed by atoms with Crippen LogP contribution in [-0.4, -0.2) is 46.0 Å². The first-order chi connectivity index (χ1) is 16.7. The summed E-state index contributed by atoms with van der Waals surface area (Å²) in [6.07, 6.45) is 3.26. The molecule has 35 heavy (non-hydrogen) atoms. The van der Waals surface area contributed by atoms with E-state index in [4.69, 9.17) is 24.7 Å². The van der Waals surface area contributed by atoms with Crippen molar-refractivity contribution in [2.24, 2.45) is 11.7 Å². The Morgan fingerprint density at radius 3 is 2.23 bits per heavy atom. The van der Waals surface area contributed by atoms with Crippen molar-refractivity contribution in [3.8, 4) is 23.0 Å². The first-order valence-electron chi connectivity index (χ1n) is 11.8. The fourth-order valence-electron chi connectivity index (χ4n) is 4.54. The van der Waals surface area contributed by atoms with E-state index in [9.17, 15) is 9.59 Å². The van der Waals surface area contributed by atoms with E-state index in [1.165, 1.54) is 0 Å². The number of benzene rings is 2. The number of carbonyl (C=O) groups is 2. The second-order valence-electron chi connectivity index (χ2n) is 9.10. The molecule has 3 rings (SSSR count). The second kappa shape index (κ2) is 11.4. The van der Waals surface area contributed by atoms with Crippen molar-refractivity contribution in [3.63, 3.8) is 0 Å². The summed E-state index contributed by atoms with van der Waals surface area (Å²) < 4.78 is 22.4. The number of hydrogen-bond donors (Lipinski definition) is 1. The Labute approximate surface area is 207 Å². The lowest BCUT2D eigenvalue weighted by molar-refractivity contribution is -0.120. The second-order valence-corrected chi connectivity index (χ2v) is 9.10. The van der Waals surface area contributed by atoms with Gasteiger partial charge in [0.2, 0.25) is 5.75 Å². The summed E-state index contributed by atoms with van der Waals surface area (Å²) in [5.74, 6) is 2.42. The molecule has 2 N–H and O–H groups in total. The Morgan fingerprint density at radius 2 is 1.63 bits per heavy atom. The molecule has 1 aliphatic rings. The maximum absolute atomic E-state index is 12.9.